The van der Waals surface area contributed by atoms with Gasteiger partial charge >= 0.3 is 0 Å². The monoisotopic (exact) mass is 252 g/mol. The zero-order chi connectivity index (χ0) is 12.3. The molecule has 1 nitrogen and oxygen atoms in total. The number of hydrogen-bond acceptors (Lipinski definition) is 2. The summed E-state index contributed by atoms with van der Waals surface area (Å²) >= 11 is 1.15. The highest BCUT2D eigenvalue weighted by atomic mass is 32.2. The first-order valence-corrected chi connectivity index (χ1v) is 5.83. The molecular formula is C13H10F2OS. The first-order chi connectivity index (χ1) is 8.19. The van der Waals surface area contributed by atoms with E-state index in [4.69, 9.17) is 5.11 Å². The van der Waals surface area contributed by atoms with Crippen molar-refractivity contribution in [3.63, 3.8) is 0 Å². The van der Waals surface area contributed by atoms with Crippen LogP contribution in [0.25, 0.3) is 0 Å². The lowest BCUT2D eigenvalue weighted by Crippen LogP contribution is -1.87. The molecular weight excluding hydrogens is 242 g/mol. The Morgan fingerprint density at radius 3 is 2.53 bits per heavy atom. The summed E-state index contributed by atoms with van der Waals surface area (Å²) in [5, 5.41) is 8.86. The third kappa shape index (κ3) is 3.05. The van der Waals surface area contributed by atoms with Gasteiger partial charge in [0, 0.05) is 9.79 Å². The molecule has 0 radical (unpaired) electrons. The van der Waals surface area contributed by atoms with Crippen molar-refractivity contribution in [2.75, 3.05) is 0 Å². The Balaban J connectivity index is 2.24. The van der Waals surface area contributed by atoms with Crippen LogP contribution < -0.4 is 0 Å². The zero-order valence-corrected chi connectivity index (χ0v) is 9.68. The Morgan fingerprint density at radius 2 is 1.88 bits per heavy atom. The van der Waals surface area contributed by atoms with Gasteiger partial charge in [0.1, 0.15) is 11.6 Å². The van der Waals surface area contributed by atoms with Crippen LogP contribution in [0, 0.1) is 11.6 Å². The van der Waals surface area contributed by atoms with Gasteiger partial charge in [0.05, 0.1) is 6.61 Å². The largest absolute Gasteiger partial charge is 0.392 e. The zero-order valence-electron chi connectivity index (χ0n) is 8.86. The molecule has 0 atom stereocenters. The molecule has 0 saturated carbocycles. The minimum atomic E-state index is -0.411. The molecule has 0 spiro atoms. The molecule has 0 bridgehead atoms. The predicted octanol–water partition coefficient (Wildman–Crippen LogP) is 3.61. The first kappa shape index (κ1) is 12.1. The molecule has 1 N–H and O–H groups in total. The molecule has 0 heterocycles. The van der Waals surface area contributed by atoms with E-state index in [1.54, 1.807) is 24.3 Å². The van der Waals surface area contributed by atoms with Crippen LogP contribution in [0.2, 0.25) is 0 Å². The predicted molar refractivity (Wildman–Crippen MR) is 62.8 cm³/mol. The topological polar surface area (TPSA) is 20.2 Å². The van der Waals surface area contributed by atoms with Crippen LogP contribution in [0.15, 0.2) is 52.3 Å². The van der Waals surface area contributed by atoms with Crippen molar-refractivity contribution in [1.29, 1.82) is 0 Å². The summed E-state index contributed by atoms with van der Waals surface area (Å²) in [5.74, 6) is -0.756. The van der Waals surface area contributed by atoms with Gasteiger partial charge in [-0.3, -0.25) is 0 Å². The lowest BCUT2D eigenvalue weighted by Gasteiger charge is -2.04. The highest BCUT2D eigenvalue weighted by molar-refractivity contribution is 7.99. The number of hydrogen-bond donors (Lipinski definition) is 1. The molecule has 17 heavy (non-hydrogen) atoms. The van der Waals surface area contributed by atoms with Gasteiger partial charge in [-0.25, -0.2) is 8.78 Å². The van der Waals surface area contributed by atoms with E-state index >= 15 is 0 Å². The van der Waals surface area contributed by atoms with E-state index in [1.807, 2.05) is 0 Å². The van der Waals surface area contributed by atoms with Gasteiger partial charge in [0.2, 0.25) is 0 Å². The summed E-state index contributed by atoms with van der Waals surface area (Å²) in [6, 6.07) is 10.5. The van der Waals surface area contributed by atoms with Gasteiger partial charge < -0.3 is 5.11 Å². The fourth-order valence-corrected chi connectivity index (χ4v) is 2.25. The van der Waals surface area contributed by atoms with Crippen LogP contribution >= 0.6 is 11.8 Å². The maximum atomic E-state index is 13.6. The fourth-order valence-electron chi connectivity index (χ4n) is 1.38. The minimum Gasteiger partial charge on any atom is -0.392 e. The van der Waals surface area contributed by atoms with E-state index in [0.29, 0.717) is 15.4 Å². The molecule has 0 amide bonds. The molecule has 4 heteroatoms. The van der Waals surface area contributed by atoms with E-state index in [-0.39, 0.29) is 12.4 Å². The number of halogens is 2. The number of aliphatic hydroxyl groups is 1. The highest BCUT2D eigenvalue weighted by Crippen LogP contribution is 2.30. The maximum Gasteiger partial charge on any atom is 0.137 e. The summed E-state index contributed by atoms with van der Waals surface area (Å²) < 4.78 is 26.5. The molecule has 88 valence electrons. The molecule has 0 saturated heterocycles. The van der Waals surface area contributed by atoms with E-state index in [2.05, 4.69) is 0 Å². The molecule has 0 fully saturated rings. The van der Waals surface area contributed by atoms with Gasteiger partial charge in [0.15, 0.2) is 0 Å². The van der Waals surface area contributed by atoms with Crippen LogP contribution in [0.3, 0.4) is 0 Å². The van der Waals surface area contributed by atoms with E-state index < -0.39 is 5.82 Å². The van der Waals surface area contributed by atoms with Gasteiger partial charge in [-0.2, -0.15) is 0 Å². The molecule has 2 rings (SSSR count). The molecule has 2 aromatic carbocycles. The Hall–Kier alpha value is -1.39. The summed E-state index contributed by atoms with van der Waals surface area (Å²) in [6.07, 6.45) is 0. The van der Waals surface area contributed by atoms with Gasteiger partial charge in [-0.15, -0.1) is 0 Å². The van der Waals surface area contributed by atoms with Crippen molar-refractivity contribution >= 4 is 11.8 Å². The van der Waals surface area contributed by atoms with Crippen LogP contribution in [-0.4, -0.2) is 5.11 Å². The normalized spacial score (nSPS) is 10.5. The van der Waals surface area contributed by atoms with E-state index in [1.165, 1.54) is 18.2 Å². The number of benzene rings is 2. The quantitative estimate of drug-likeness (QED) is 0.900. The lowest BCUT2D eigenvalue weighted by atomic mass is 10.2. The molecule has 0 aliphatic carbocycles. The second-order valence-electron chi connectivity index (χ2n) is 3.48. The summed E-state index contributed by atoms with van der Waals surface area (Å²) in [5.41, 5.74) is 0.520. The Morgan fingerprint density at radius 1 is 1.06 bits per heavy atom. The molecule has 2 aromatic rings. The highest BCUT2D eigenvalue weighted by Gasteiger charge is 2.05. The second-order valence-corrected chi connectivity index (χ2v) is 4.60. The Kier molecular flexibility index (Phi) is 3.76. The fraction of sp³-hybridized carbons (Fsp3) is 0.0769. The molecule has 0 aromatic heterocycles. The van der Waals surface area contributed by atoms with Crippen molar-refractivity contribution < 1.29 is 13.9 Å². The van der Waals surface area contributed by atoms with Crippen molar-refractivity contribution in [3.8, 4) is 0 Å². The van der Waals surface area contributed by atoms with Crippen molar-refractivity contribution in [2.24, 2.45) is 0 Å². The molecule has 0 unspecified atom stereocenters. The summed E-state index contributed by atoms with van der Waals surface area (Å²) in [6.45, 7) is -0.193. The standard InChI is InChI=1S/C13H10F2OS/c14-10-2-1-3-11(7-10)17-13-5-4-9(8-16)6-12(13)15/h1-7,16H,8H2. The van der Waals surface area contributed by atoms with Crippen LogP contribution in [0.5, 0.6) is 0 Å². The van der Waals surface area contributed by atoms with Crippen molar-refractivity contribution in [1.82, 2.24) is 0 Å². The number of aliphatic hydroxyl groups excluding tert-OH is 1. The Bertz CT molecular complexity index is 529. The smallest absolute Gasteiger partial charge is 0.137 e. The van der Waals surface area contributed by atoms with E-state index in [9.17, 15) is 8.78 Å². The van der Waals surface area contributed by atoms with Gasteiger partial charge in [-0.05, 0) is 35.9 Å². The van der Waals surface area contributed by atoms with Crippen LogP contribution in [0.4, 0.5) is 8.78 Å². The maximum absolute atomic E-state index is 13.6. The minimum absolute atomic E-state index is 0.193. The average molecular weight is 252 g/mol. The summed E-state index contributed by atoms with van der Waals surface area (Å²) in [4.78, 5) is 1.05. The lowest BCUT2D eigenvalue weighted by molar-refractivity contribution is 0.281. The Labute approximate surface area is 102 Å². The van der Waals surface area contributed by atoms with Gasteiger partial charge in [0.25, 0.3) is 0 Å². The SMILES string of the molecule is OCc1ccc(Sc2cccc(F)c2)c(F)c1. The van der Waals surface area contributed by atoms with E-state index in [0.717, 1.165) is 11.8 Å². The average Bonchev–Trinajstić information content (AvgIpc) is 2.32. The van der Waals surface area contributed by atoms with Gasteiger partial charge in [-0.1, -0.05) is 23.9 Å². The van der Waals surface area contributed by atoms with Crippen LogP contribution in [0.1, 0.15) is 5.56 Å². The third-order valence-electron chi connectivity index (χ3n) is 2.20. The van der Waals surface area contributed by atoms with Crippen molar-refractivity contribution in [2.45, 2.75) is 16.4 Å². The van der Waals surface area contributed by atoms with Crippen molar-refractivity contribution in [3.05, 3.63) is 59.7 Å². The second kappa shape index (κ2) is 5.29. The third-order valence-corrected chi connectivity index (χ3v) is 3.24. The molecule has 0 aliphatic heterocycles. The summed E-state index contributed by atoms with van der Waals surface area (Å²) in [7, 11) is 0. The number of rotatable bonds is 3. The molecule has 0 aliphatic rings. The van der Waals surface area contributed by atoms with Crippen LogP contribution in [-0.2, 0) is 6.61 Å². The first-order valence-electron chi connectivity index (χ1n) is 5.02.